The Morgan fingerprint density at radius 3 is 1.93 bits per heavy atom. The molecule has 0 aromatic heterocycles. The van der Waals surface area contributed by atoms with E-state index >= 15 is 0 Å². The van der Waals surface area contributed by atoms with Crippen molar-refractivity contribution in [1.29, 1.82) is 0 Å². The van der Waals surface area contributed by atoms with Crippen molar-refractivity contribution in [3.63, 3.8) is 0 Å². The minimum Gasteiger partial charge on any atom is -0.393 e. The zero-order chi connectivity index (χ0) is 11.7. The van der Waals surface area contributed by atoms with E-state index in [2.05, 4.69) is 0 Å². The largest absolute Gasteiger partial charge is 0.393 e. The van der Waals surface area contributed by atoms with Crippen LogP contribution >= 0.6 is 0 Å². The third-order valence-corrected chi connectivity index (χ3v) is 5.51. The normalized spacial score (nSPS) is 14.2. The van der Waals surface area contributed by atoms with Crippen LogP contribution in [-0.2, 0) is 13.6 Å². The third-order valence-electron chi connectivity index (χ3n) is 2.20. The van der Waals surface area contributed by atoms with Crippen molar-refractivity contribution in [1.82, 2.24) is 0 Å². The molecule has 0 rings (SSSR count). The third kappa shape index (κ3) is 5.63. The summed E-state index contributed by atoms with van der Waals surface area (Å²) in [6.07, 6.45) is 0.288. The molecule has 0 bridgehead atoms. The molecular formula is C10H24O4Si. The molecular weight excluding hydrogens is 212 g/mol. The molecule has 1 N–H and O–H groups in total. The second-order valence-electron chi connectivity index (χ2n) is 3.30. The lowest BCUT2D eigenvalue weighted by Gasteiger charge is -2.29. The van der Waals surface area contributed by atoms with Crippen molar-refractivity contribution in [3.8, 4) is 0 Å². The smallest absolute Gasteiger partial charge is 0.364 e. The van der Waals surface area contributed by atoms with Crippen molar-refractivity contribution in [2.24, 2.45) is 0 Å². The maximum Gasteiger partial charge on any atom is 0.364 e. The Labute approximate surface area is 93.8 Å². The number of rotatable bonds is 9. The molecule has 0 aromatic carbocycles. The van der Waals surface area contributed by atoms with Crippen LogP contribution in [0.25, 0.3) is 0 Å². The molecule has 0 aliphatic carbocycles. The van der Waals surface area contributed by atoms with Gasteiger partial charge in [0.2, 0.25) is 0 Å². The Morgan fingerprint density at radius 1 is 1.07 bits per heavy atom. The Kier molecular flexibility index (Phi) is 8.27. The number of hydrogen-bond acceptors (Lipinski definition) is 4. The summed E-state index contributed by atoms with van der Waals surface area (Å²) >= 11 is 0. The molecule has 0 aliphatic heterocycles. The number of aliphatic hydroxyl groups is 1. The number of aliphatic hydroxyl groups excluding tert-OH is 1. The molecule has 92 valence electrons. The van der Waals surface area contributed by atoms with E-state index in [1.54, 1.807) is 0 Å². The van der Waals surface area contributed by atoms with E-state index < -0.39 is 14.9 Å². The Balaban J connectivity index is 4.19. The van der Waals surface area contributed by atoms with E-state index in [0.29, 0.717) is 25.9 Å². The standard InChI is InChI=1S/C10H24O4Si/c1-5-10(11)12-9-15(8-4,13-6-2)14-7-3/h10-11H,5-9H2,1-4H3. The molecule has 4 nitrogen and oxygen atoms in total. The molecule has 0 spiro atoms. The van der Waals surface area contributed by atoms with Crippen LogP contribution in [0.3, 0.4) is 0 Å². The van der Waals surface area contributed by atoms with Crippen LogP contribution < -0.4 is 0 Å². The highest BCUT2D eigenvalue weighted by atomic mass is 28.4. The summed E-state index contributed by atoms with van der Waals surface area (Å²) in [6.45, 7) is 9.08. The number of hydrogen-bond donors (Lipinski definition) is 1. The van der Waals surface area contributed by atoms with Crippen LogP contribution in [0.1, 0.15) is 34.1 Å². The van der Waals surface area contributed by atoms with Gasteiger partial charge in [-0.25, -0.2) is 0 Å². The average Bonchev–Trinajstić information content (AvgIpc) is 2.26. The molecule has 0 aliphatic rings. The molecule has 1 unspecified atom stereocenters. The van der Waals surface area contributed by atoms with Crippen molar-refractivity contribution in [2.75, 3.05) is 19.4 Å². The topological polar surface area (TPSA) is 47.9 Å². The second kappa shape index (κ2) is 8.24. The van der Waals surface area contributed by atoms with Gasteiger partial charge in [-0.2, -0.15) is 0 Å². The first-order valence-corrected chi connectivity index (χ1v) is 7.94. The predicted octanol–water partition coefficient (Wildman–Crippen LogP) is 1.81. The minimum atomic E-state index is -2.23. The first-order valence-electron chi connectivity index (χ1n) is 5.71. The highest BCUT2D eigenvalue weighted by molar-refractivity contribution is 6.67. The monoisotopic (exact) mass is 236 g/mol. The van der Waals surface area contributed by atoms with E-state index in [4.69, 9.17) is 13.6 Å². The molecule has 15 heavy (non-hydrogen) atoms. The quantitative estimate of drug-likeness (QED) is 0.490. The van der Waals surface area contributed by atoms with Gasteiger partial charge in [0.15, 0.2) is 6.29 Å². The summed E-state index contributed by atoms with van der Waals surface area (Å²) in [7, 11) is -2.23. The Morgan fingerprint density at radius 2 is 1.60 bits per heavy atom. The van der Waals surface area contributed by atoms with Crippen LogP contribution in [0.5, 0.6) is 0 Å². The fourth-order valence-corrected chi connectivity index (χ4v) is 3.66. The molecule has 0 fully saturated rings. The van der Waals surface area contributed by atoms with Crippen molar-refractivity contribution >= 4 is 8.56 Å². The molecule has 0 saturated heterocycles. The lowest BCUT2D eigenvalue weighted by Crippen LogP contribution is -2.47. The highest BCUT2D eigenvalue weighted by Gasteiger charge is 2.36. The molecule has 0 aromatic rings. The lowest BCUT2D eigenvalue weighted by atomic mass is 10.5. The Hall–Kier alpha value is 0.0569. The van der Waals surface area contributed by atoms with Gasteiger partial charge in [-0.15, -0.1) is 0 Å². The highest BCUT2D eigenvalue weighted by Crippen LogP contribution is 2.15. The number of ether oxygens (including phenoxy) is 1. The Bertz CT molecular complexity index is 148. The summed E-state index contributed by atoms with van der Waals surface area (Å²) in [5.41, 5.74) is 0. The maximum absolute atomic E-state index is 9.34. The summed E-state index contributed by atoms with van der Waals surface area (Å²) in [5.74, 6) is 0. The van der Waals surface area contributed by atoms with Gasteiger partial charge in [-0.05, 0) is 26.3 Å². The van der Waals surface area contributed by atoms with Crippen molar-refractivity contribution in [3.05, 3.63) is 0 Å². The van der Waals surface area contributed by atoms with Gasteiger partial charge >= 0.3 is 8.56 Å². The van der Waals surface area contributed by atoms with Gasteiger partial charge in [-0.3, -0.25) is 0 Å². The molecule has 5 heteroatoms. The van der Waals surface area contributed by atoms with Gasteiger partial charge in [0.25, 0.3) is 0 Å². The van der Waals surface area contributed by atoms with E-state index in [-0.39, 0.29) is 0 Å². The van der Waals surface area contributed by atoms with Crippen LogP contribution in [0, 0.1) is 0 Å². The average molecular weight is 236 g/mol. The molecule has 0 amide bonds. The second-order valence-corrected chi connectivity index (χ2v) is 6.70. The van der Waals surface area contributed by atoms with Gasteiger partial charge in [0.1, 0.15) is 0 Å². The van der Waals surface area contributed by atoms with Gasteiger partial charge < -0.3 is 18.7 Å². The summed E-state index contributed by atoms with van der Waals surface area (Å²) in [4.78, 5) is 0. The molecule has 0 heterocycles. The maximum atomic E-state index is 9.34. The van der Waals surface area contributed by atoms with Crippen molar-refractivity contribution < 1.29 is 18.7 Å². The van der Waals surface area contributed by atoms with Crippen LogP contribution in [0.4, 0.5) is 0 Å². The van der Waals surface area contributed by atoms with Crippen LogP contribution in [0.2, 0.25) is 6.04 Å². The summed E-state index contributed by atoms with van der Waals surface area (Å²) in [5, 5.41) is 9.34. The van der Waals surface area contributed by atoms with Gasteiger partial charge in [-0.1, -0.05) is 13.8 Å². The van der Waals surface area contributed by atoms with E-state index in [0.717, 1.165) is 6.04 Å². The van der Waals surface area contributed by atoms with Gasteiger partial charge in [0, 0.05) is 13.2 Å². The van der Waals surface area contributed by atoms with Crippen LogP contribution in [0.15, 0.2) is 0 Å². The zero-order valence-electron chi connectivity index (χ0n) is 10.3. The van der Waals surface area contributed by atoms with E-state index in [1.165, 1.54) is 0 Å². The predicted molar refractivity (Wildman–Crippen MR) is 61.7 cm³/mol. The molecule has 0 saturated carbocycles. The fraction of sp³-hybridized carbons (Fsp3) is 1.00. The SMILES string of the molecule is CCO[Si](CC)(COC(O)CC)OCC. The first-order chi connectivity index (χ1) is 7.14. The van der Waals surface area contributed by atoms with Crippen molar-refractivity contribution in [2.45, 2.75) is 46.4 Å². The van der Waals surface area contributed by atoms with E-state index in [9.17, 15) is 5.11 Å². The minimum absolute atomic E-state index is 0.403. The zero-order valence-corrected chi connectivity index (χ0v) is 11.3. The molecule has 0 radical (unpaired) electrons. The summed E-state index contributed by atoms with van der Waals surface area (Å²) < 4.78 is 16.7. The van der Waals surface area contributed by atoms with Gasteiger partial charge in [0.05, 0.1) is 6.23 Å². The van der Waals surface area contributed by atoms with Crippen LogP contribution in [-0.4, -0.2) is 39.4 Å². The lowest BCUT2D eigenvalue weighted by molar-refractivity contribution is -0.0935. The summed E-state index contributed by atoms with van der Waals surface area (Å²) in [6, 6.07) is 0.838. The molecule has 1 atom stereocenters. The fourth-order valence-electron chi connectivity index (χ4n) is 1.30. The van der Waals surface area contributed by atoms with E-state index in [1.807, 2.05) is 27.7 Å². The first kappa shape index (κ1) is 15.1.